The van der Waals surface area contributed by atoms with Gasteiger partial charge in [-0.05, 0) is 46.8 Å². The molecule has 3 aromatic rings. The summed E-state index contributed by atoms with van der Waals surface area (Å²) in [5.41, 5.74) is 0.686. The molecule has 2 aliphatic rings. The van der Waals surface area contributed by atoms with E-state index >= 15 is 0 Å². The number of hydrogen-bond donors (Lipinski definition) is 3. The summed E-state index contributed by atoms with van der Waals surface area (Å²) in [6.07, 6.45) is 1.21. The van der Waals surface area contributed by atoms with E-state index in [2.05, 4.69) is 14.9 Å². The fourth-order valence-electron chi connectivity index (χ4n) is 5.28. The van der Waals surface area contributed by atoms with Gasteiger partial charge in [0.05, 0.1) is 22.2 Å². The standard InChI is InChI=1S/C28H27N3O6/c1-13-24(34)22(15(3)32)26-23(25(13)35)28(5)20(37-26)12-19(33)21(27(28)36)14(2)29-10-11-31-16(4)30-17-8-6-7-9-18(17)31/h6-9,12,29,34-35H,10-11H2,1-5H3. The number of ether oxygens (including phenoxy) is 1. The molecular weight excluding hydrogens is 474 g/mol. The Bertz CT molecular complexity index is 1610. The van der Waals surface area contributed by atoms with Crippen LogP contribution in [-0.2, 0) is 21.5 Å². The molecule has 9 nitrogen and oxygen atoms in total. The van der Waals surface area contributed by atoms with Gasteiger partial charge in [0.25, 0.3) is 0 Å². The highest BCUT2D eigenvalue weighted by Crippen LogP contribution is 2.57. The molecule has 1 aliphatic carbocycles. The minimum absolute atomic E-state index is 0.0114. The van der Waals surface area contributed by atoms with Crippen LogP contribution < -0.4 is 10.1 Å². The molecule has 37 heavy (non-hydrogen) atoms. The molecule has 0 saturated carbocycles. The van der Waals surface area contributed by atoms with E-state index in [1.807, 2.05) is 31.2 Å². The van der Waals surface area contributed by atoms with Crippen molar-refractivity contribution < 1.29 is 29.3 Å². The van der Waals surface area contributed by atoms with Gasteiger partial charge in [-0.2, -0.15) is 0 Å². The lowest BCUT2D eigenvalue weighted by Gasteiger charge is -2.29. The van der Waals surface area contributed by atoms with E-state index < -0.39 is 28.5 Å². The second-order valence-electron chi connectivity index (χ2n) is 9.61. The van der Waals surface area contributed by atoms with Crippen LogP contribution in [0.3, 0.4) is 0 Å². The summed E-state index contributed by atoms with van der Waals surface area (Å²) in [7, 11) is 0. The summed E-state index contributed by atoms with van der Waals surface area (Å²) in [6.45, 7) is 8.83. The first-order chi connectivity index (χ1) is 17.5. The monoisotopic (exact) mass is 501 g/mol. The van der Waals surface area contributed by atoms with Crippen LogP contribution in [0.1, 0.15) is 48.1 Å². The van der Waals surface area contributed by atoms with Gasteiger partial charge in [-0.15, -0.1) is 0 Å². The van der Waals surface area contributed by atoms with Crippen LogP contribution in [0.15, 0.2) is 47.4 Å². The molecule has 1 aliphatic heterocycles. The maximum absolute atomic E-state index is 13.9. The van der Waals surface area contributed by atoms with Crippen LogP contribution in [0, 0.1) is 13.8 Å². The predicted molar refractivity (Wildman–Crippen MR) is 136 cm³/mol. The molecular formula is C28H27N3O6. The lowest BCUT2D eigenvalue weighted by molar-refractivity contribution is -0.123. The first-order valence-corrected chi connectivity index (χ1v) is 11.9. The Morgan fingerprint density at radius 2 is 1.84 bits per heavy atom. The topological polar surface area (TPSA) is 131 Å². The predicted octanol–water partition coefficient (Wildman–Crippen LogP) is 3.52. The molecule has 1 unspecified atom stereocenters. The number of fused-ring (bicyclic) bond motifs is 4. The third-order valence-corrected chi connectivity index (χ3v) is 7.33. The molecule has 0 bridgehead atoms. The Morgan fingerprint density at radius 1 is 1.14 bits per heavy atom. The van der Waals surface area contributed by atoms with Crippen LogP contribution in [0.4, 0.5) is 0 Å². The molecule has 2 heterocycles. The highest BCUT2D eigenvalue weighted by atomic mass is 16.5. The van der Waals surface area contributed by atoms with Crippen molar-refractivity contribution in [2.75, 3.05) is 6.54 Å². The Balaban J connectivity index is 1.51. The number of ketones is 3. The minimum atomic E-state index is -1.54. The third-order valence-electron chi connectivity index (χ3n) is 7.33. The van der Waals surface area contributed by atoms with Gasteiger partial charge in [-0.3, -0.25) is 14.4 Å². The van der Waals surface area contributed by atoms with Crippen molar-refractivity contribution in [3.63, 3.8) is 0 Å². The van der Waals surface area contributed by atoms with Gasteiger partial charge in [0, 0.05) is 30.4 Å². The Morgan fingerprint density at radius 3 is 2.54 bits per heavy atom. The number of aromatic nitrogens is 2. The number of benzene rings is 2. The lowest BCUT2D eigenvalue weighted by atomic mass is 9.70. The lowest BCUT2D eigenvalue weighted by Crippen LogP contribution is -2.41. The van der Waals surface area contributed by atoms with Crippen molar-refractivity contribution in [1.82, 2.24) is 14.9 Å². The number of aromatic hydroxyl groups is 2. The zero-order valence-corrected chi connectivity index (χ0v) is 21.2. The first kappa shape index (κ1) is 24.3. The quantitative estimate of drug-likeness (QED) is 0.275. The number of allylic oxidation sites excluding steroid dienone is 4. The maximum Gasteiger partial charge on any atom is 0.194 e. The summed E-state index contributed by atoms with van der Waals surface area (Å²) in [6, 6.07) is 7.81. The molecule has 0 fully saturated rings. The largest absolute Gasteiger partial charge is 0.507 e. The van der Waals surface area contributed by atoms with E-state index in [0.29, 0.717) is 18.8 Å². The highest BCUT2D eigenvalue weighted by Gasteiger charge is 2.56. The van der Waals surface area contributed by atoms with E-state index in [1.165, 1.54) is 19.9 Å². The van der Waals surface area contributed by atoms with E-state index in [9.17, 15) is 24.6 Å². The van der Waals surface area contributed by atoms with Gasteiger partial charge < -0.3 is 24.8 Å². The summed E-state index contributed by atoms with van der Waals surface area (Å²) in [4.78, 5) is 43.8. The van der Waals surface area contributed by atoms with Crippen molar-refractivity contribution in [2.45, 2.75) is 46.6 Å². The molecule has 1 aromatic heterocycles. The minimum Gasteiger partial charge on any atom is -0.507 e. The number of hydrogen-bond acceptors (Lipinski definition) is 8. The van der Waals surface area contributed by atoms with Gasteiger partial charge >= 0.3 is 0 Å². The molecule has 2 aromatic carbocycles. The molecule has 5 rings (SSSR count). The molecule has 3 N–H and O–H groups in total. The van der Waals surface area contributed by atoms with Crippen LogP contribution in [-0.4, -0.2) is 43.7 Å². The van der Waals surface area contributed by atoms with E-state index in [1.54, 1.807) is 13.8 Å². The number of para-hydroxylation sites is 2. The molecule has 9 heteroatoms. The Labute approximate surface area is 213 Å². The van der Waals surface area contributed by atoms with Crippen molar-refractivity contribution in [3.05, 3.63) is 69.9 Å². The summed E-state index contributed by atoms with van der Waals surface area (Å²) in [5, 5.41) is 24.6. The van der Waals surface area contributed by atoms with Crippen molar-refractivity contribution in [1.29, 1.82) is 0 Å². The molecule has 1 atom stereocenters. The zero-order chi connectivity index (χ0) is 26.8. The maximum atomic E-state index is 13.9. The first-order valence-electron chi connectivity index (χ1n) is 11.9. The second kappa shape index (κ2) is 8.33. The van der Waals surface area contributed by atoms with Gasteiger partial charge in [0.1, 0.15) is 39.8 Å². The van der Waals surface area contributed by atoms with Crippen molar-refractivity contribution in [3.8, 4) is 17.2 Å². The average molecular weight is 502 g/mol. The normalized spacial score (nSPS) is 19.9. The molecule has 0 saturated heterocycles. The second-order valence-corrected chi connectivity index (χ2v) is 9.61. The van der Waals surface area contributed by atoms with Crippen LogP contribution in [0.25, 0.3) is 11.0 Å². The Kier molecular flexibility index (Phi) is 5.47. The smallest absolute Gasteiger partial charge is 0.194 e. The number of phenolic OH excluding ortho intramolecular Hbond substituents is 2. The number of nitrogens with zero attached hydrogens (tertiary/aromatic N) is 2. The van der Waals surface area contributed by atoms with Gasteiger partial charge in [-0.25, -0.2) is 4.98 Å². The average Bonchev–Trinajstić information content (AvgIpc) is 3.31. The SMILES string of the molecule is CC(=O)c1c(O)c(C)c(O)c2c1OC1=CC(=O)C(=C(C)NCCn3c(C)nc4ccccc43)C(=O)C12C. The third kappa shape index (κ3) is 3.37. The summed E-state index contributed by atoms with van der Waals surface area (Å²) >= 11 is 0. The zero-order valence-electron chi connectivity index (χ0n) is 21.2. The number of nitrogens with one attached hydrogen (secondary N) is 1. The number of aryl methyl sites for hydroxylation is 1. The van der Waals surface area contributed by atoms with Gasteiger partial charge in [0.2, 0.25) is 0 Å². The Hall–Kier alpha value is -4.40. The van der Waals surface area contributed by atoms with Crippen LogP contribution in [0.5, 0.6) is 17.2 Å². The number of imidazole rings is 1. The molecule has 0 radical (unpaired) electrons. The fourth-order valence-corrected chi connectivity index (χ4v) is 5.28. The van der Waals surface area contributed by atoms with E-state index in [4.69, 9.17) is 4.74 Å². The molecule has 190 valence electrons. The van der Waals surface area contributed by atoms with Crippen molar-refractivity contribution >= 4 is 28.4 Å². The van der Waals surface area contributed by atoms with Crippen molar-refractivity contribution in [2.24, 2.45) is 0 Å². The molecule has 0 amide bonds. The highest BCUT2D eigenvalue weighted by molar-refractivity contribution is 6.31. The molecule has 0 spiro atoms. The van der Waals surface area contributed by atoms with Gasteiger partial charge in [0.15, 0.2) is 17.3 Å². The number of Topliss-reactive ketones (excluding diaryl/α,β-unsaturated/α-hetero) is 2. The number of rotatable bonds is 5. The van der Waals surface area contributed by atoms with E-state index in [0.717, 1.165) is 16.9 Å². The van der Waals surface area contributed by atoms with E-state index in [-0.39, 0.29) is 39.5 Å². The van der Waals surface area contributed by atoms with Gasteiger partial charge in [-0.1, -0.05) is 12.1 Å². The number of carbonyl (C=O) groups is 3. The number of carbonyl (C=O) groups excluding carboxylic acids is 3. The fraction of sp³-hybridized carbons (Fsp3) is 0.286. The summed E-state index contributed by atoms with van der Waals surface area (Å²) in [5.74, 6) is -1.58. The summed E-state index contributed by atoms with van der Waals surface area (Å²) < 4.78 is 7.86. The number of phenols is 2. The van der Waals surface area contributed by atoms with Crippen LogP contribution >= 0.6 is 0 Å². The van der Waals surface area contributed by atoms with Crippen LogP contribution in [0.2, 0.25) is 0 Å².